The number of rotatable bonds is 6. The molecule has 4 N–H and O–H groups in total. The van der Waals surface area contributed by atoms with Gasteiger partial charge in [-0.15, -0.1) is 0 Å². The van der Waals surface area contributed by atoms with Gasteiger partial charge >= 0.3 is 11.9 Å². The lowest BCUT2D eigenvalue weighted by atomic mass is 9.99. The zero-order valence-corrected chi connectivity index (χ0v) is 14.0. The molecule has 11 heteroatoms. The van der Waals surface area contributed by atoms with E-state index in [0.29, 0.717) is 0 Å². The molecule has 0 aromatic heterocycles. The van der Waals surface area contributed by atoms with Crippen molar-refractivity contribution >= 4 is 17.7 Å². The highest BCUT2D eigenvalue weighted by atomic mass is 16.7. The first-order chi connectivity index (χ1) is 12.1. The summed E-state index contributed by atoms with van der Waals surface area (Å²) in [6.45, 7) is 2.39. The minimum atomic E-state index is -1.72. The third-order valence-corrected chi connectivity index (χ3v) is 3.87. The quantitative estimate of drug-likeness (QED) is 0.300. The second-order valence-corrected chi connectivity index (χ2v) is 5.90. The highest BCUT2D eigenvalue weighted by Crippen LogP contribution is 2.29. The van der Waals surface area contributed by atoms with Crippen molar-refractivity contribution in [2.45, 2.75) is 57.1 Å². The van der Waals surface area contributed by atoms with Crippen molar-refractivity contribution in [2.24, 2.45) is 0 Å². The van der Waals surface area contributed by atoms with Gasteiger partial charge in [-0.2, -0.15) is 0 Å². The van der Waals surface area contributed by atoms with E-state index in [4.69, 9.17) is 19.3 Å². The van der Waals surface area contributed by atoms with Crippen LogP contribution in [0.2, 0.25) is 0 Å². The zero-order valence-electron chi connectivity index (χ0n) is 14.0. The van der Waals surface area contributed by atoms with Crippen LogP contribution in [0.5, 0.6) is 0 Å². The Morgan fingerprint density at radius 1 is 1.15 bits per heavy atom. The molecule has 0 unspecified atom stereocenters. The summed E-state index contributed by atoms with van der Waals surface area (Å²) >= 11 is 0. The summed E-state index contributed by atoms with van der Waals surface area (Å²) in [5, 5.41) is 38.4. The molecule has 11 nitrogen and oxygen atoms in total. The highest BCUT2D eigenvalue weighted by molar-refractivity contribution is 5.99. The molecule has 1 saturated heterocycles. The van der Waals surface area contributed by atoms with E-state index < -0.39 is 67.6 Å². The van der Waals surface area contributed by atoms with E-state index in [0.717, 1.165) is 0 Å². The molecule has 0 saturated carbocycles. The Morgan fingerprint density at radius 3 is 2.35 bits per heavy atom. The van der Waals surface area contributed by atoms with Crippen LogP contribution in [-0.4, -0.2) is 81.6 Å². The van der Waals surface area contributed by atoms with Crippen molar-refractivity contribution in [1.29, 1.82) is 0 Å². The second-order valence-electron chi connectivity index (χ2n) is 5.90. The van der Waals surface area contributed by atoms with Crippen molar-refractivity contribution in [1.82, 2.24) is 0 Å². The monoisotopic (exact) mass is 376 g/mol. The van der Waals surface area contributed by atoms with Gasteiger partial charge < -0.3 is 39.4 Å². The standard InChI is InChI=1S/C15H20O11/c1-5-10(19)14(6(2)24-5)26-15-13(22)12(21)11(20)7(25-15)4-23-9(18)3-8(16)17/h5,7,11-13,15,20-22H,3-4H2,1-2H3,(H,16,17)/t5-,7-,11-,12+,13-,15+/m1/s1. The van der Waals surface area contributed by atoms with E-state index in [1.54, 1.807) is 0 Å². The van der Waals surface area contributed by atoms with Crippen LogP contribution in [0.3, 0.4) is 0 Å². The molecule has 0 aliphatic carbocycles. The molecule has 26 heavy (non-hydrogen) atoms. The Morgan fingerprint density at radius 2 is 1.81 bits per heavy atom. The number of aliphatic hydroxyl groups excluding tert-OH is 3. The molecule has 146 valence electrons. The van der Waals surface area contributed by atoms with E-state index in [1.807, 2.05) is 0 Å². The van der Waals surface area contributed by atoms with Crippen molar-refractivity contribution in [3.05, 3.63) is 11.5 Å². The highest BCUT2D eigenvalue weighted by Gasteiger charge is 2.47. The number of allylic oxidation sites excluding steroid dienone is 1. The van der Waals surface area contributed by atoms with Gasteiger partial charge in [-0.05, 0) is 13.8 Å². The van der Waals surface area contributed by atoms with Gasteiger partial charge in [0.05, 0.1) is 0 Å². The fourth-order valence-corrected chi connectivity index (χ4v) is 2.49. The summed E-state index contributed by atoms with van der Waals surface area (Å²) in [7, 11) is 0. The van der Waals surface area contributed by atoms with Gasteiger partial charge in [-0.3, -0.25) is 14.4 Å². The predicted molar refractivity (Wildman–Crippen MR) is 79.2 cm³/mol. The number of aliphatic carboxylic acids is 1. The van der Waals surface area contributed by atoms with Gasteiger partial charge in [-0.25, -0.2) is 0 Å². The van der Waals surface area contributed by atoms with Gasteiger partial charge in [0.1, 0.15) is 43.2 Å². The van der Waals surface area contributed by atoms with Crippen LogP contribution in [0, 0.1) is 0 Å². The minimum Gasteiger partial charge on any atom is -0.483 e. The van der Waals surface area contributed by atoms with E-state index in [-0.39, 0.29) is 11.5 Å². The van der Waals surface area contributed by atoms with Crippen LogP contribution in [0.4, 0.5) is 0 Å². The Hall–Kier alpha value is -2.21. The number of Topliss-reactive ketones (excluding diaryl/α,β-unsaturated/α-hetero) is 1. The maximum Gasteiger partial charge on any atom is 0.317 e. The SMILES string of the molecule is CC1=C(O[C@@H]2O[C@H](COC(=O)CC(=O)O)[C@@H](O)[C@H](O)[C@H]2O)C(=O)[C@@H](C)O1. The van der Waals surface area contributed by atoms with Crippen LogP contribution in [0.1, 0.15) is 20.3 Å². The first kappa shape index (κ1) is 20.1. The number of carbonyl (C=O) groups is 3. The third-order valence-electron chi connectivity index (χ3n) is 3.87. The van der Waals surface area contributed by atoms with E-state index in [2.05, 4.69) is 4.74 Å². The van der Waals surface area contributed by atoms with Gasteiger partial charge in [0.25, 0.3) is 0 Å². The van der Waals surface area contributed by atoms with Crippen LogP contribution in [-0.2, 0) is 33.3 Å². The summed E-state index contributed by atoms with van der Waals surface area (Å²) in [4.78, 5) is 33.7. The Balaban J connectivity index is 2.03. The normalized spacial score (nSPS) is 34.4. The van der Waals surface area contributed by atoms with Crippen LogP contribution >= 0.6 is 0 Å². The molecule has 0 radical (unpaired) electrons. The number of hydrogen-bond acceptors (Lipinski definition) is 10. The molecule has 2 rings (SSSR count). The van der Waals surface area contributed by atoms with E-state index in [9.17, 15) is 29.7 Å². The van der Waals surface area contributed by atoms with Crippen molar-refractivity contribution in [3.8, 4) is 0 Å². The third kappa shape index (κ3) is 4.30. The van der Waals surface area contributed by atoms with Crippen LogP contribution in [0.15, 0.2) is 11.5 Å². The van der Waals surface area contributed by atoms with Gasteiger partial charge in [0.15, 0.2) is 6.10 Å². The summed E-state index contributed by atoms with van der Waals surface area (Å²) in [5.74, 6) is -2.97. The lowest BCUT2D eigenvalue weighted by Crippen LogP contribution is -2.59. The number of ketones is 1. The molecule has 0 spiro atoms. The van der Waals surface area contributed by atoms with Gasteiger partial charge in [0, 0.05) is 0 Å². The average Bonchev–Trinajstić information content (AvgIpc) is 2.79. The van der Waals surface area contributed by atoms with Crippen LogP contribution in [0.25, 0.3) is 0 Å². The van der Waals surface area contributed by atoms with Crippen LogP contribution < -0.4 is 0 Å². The predicted octanol–water partition coefficient (Wildman–Crippen LogP) is -1.95. The first-order valence-electron chi connectivity index (χ1n) is 7.77. The summed E-state index contributed by atoms with van der Waals surface area (Å²) in [6, 6.07) is 0. The Labute approximate surface area is 147 Å². The van der Waals surface area contributed by atoms with E-state index >= 15 is 0 Å². The Kier molecular flexibility index (Phi) is 6.18. The summed E-state index contributed by atoms with van der Waals surface area (Å²) < 4.78 is 20.4. The van der Waals surface area contributed by atoms with Crippen molar-refractivity contribution < 1.29 is 53.8 Å². The lowest BCUT2D eigenvalue weighted by Gasteiger charge is -2.39. The zero-order chi connectivity index (χ0) is 19.6. The number of ether oxygens (including phenoxy) is 4. The first-order valence-corrected chi connectivity index (χ1v) is 7.77. The summed E-state index contributed by atoms with van der Waals surface area (Å²) in [5.41, 5.74) is 0. The molecule has 0 amide bonds. The van der Waals surface area contributed by atoms with E-state index in [1.165, 1.54) is 13.8 Å². The number of carboxylic acid groups (broad SMARTS) is 1. The lowest BCUT2D eigenvalue weighted by molar-refractivity contribution is -0.291. The van der Waals surface area contributed by atoms with Crippen molar-refractivity contribution in [2.75, 3.05) is 6.61 Å². The van der Waals surface area contributed by atoms with Crippen molar-refractivity contribution in [3.63, 3.8) is 0 Å². The molecule has 0 bridgehead atoms. The molecule has 2 aliphatic rings. The fraction of sp³-hybridized carbons (Fsp3) is 0.667. The number of aliphatic hydroxyl groups is 3. The van der Waals surface area contributed by atoms with Gasteiger partial charge in [0.2, 0.25) is 17.8 Å². The maximum atomic E-state index is 12.0. The largest absolute Gasteiger partial charge is 0.483 e. The molecule has 0 aromatic rings. The molecule has 0 aromatic carbocycles. The molecular weight excluding hydrogens is 356 g/mol. The molecule has 6 atom stereocenters. The summed E-state index contributed by atoms with van der Waals surface area (Å²) in [6.07, 6.45) is -9.55. The maximum absolute atomic E-state index is 12.0. The Bertz CT molecular complexity index is 613. The molecule has 2 heterocycles. The fourth-order valence-electron chi connectivity index (χ4n) is 2.49. The number of carbonyl (C=O) groups excluding carboxylic acids is 2. The molecular formula is C15H20O11. The van der Waals surface area contributed by atoms with Gasteiger partial charge in [-0.1, -0.05) is 0 Å². The average molecular weight is 376 g/mol. The molecule has 2 aliphatic heterocycles. The topological polar surface area (TPSA) is 169 Å². The number of hydrogen-bond donors (Lipinski definition) is 4. The smallest absolute Gasteiger partial charge is 0.317 e. The minimum absolute atomic E-state index is 0.170. The second kappa shape index (κ2) is 7.99. The number of carboxylic acids is 1. The molecule has 1 fully saturated rings. The number of esters is 1.